The smallest absolute Gasteiger partial charge is 0.0931 e. The van der Waals surface area contributed by atoms with Gasteiger partial charge in [-0.25, -0.2) is 0 Å². The minimum Gasteiger partial charge on any atom is -0.315 e. The van der Waals surface area contributed by atoms with Crippen molar-refractivity contribution >= 4 is 11.0 Å². The molecule has 0 aliphatic rings. The van der Waals surface area contributed by atoms with Gasteiger partial charge in [0.05, 0.1) is 11.0 Å². The van der Waals surface area contributed by atoms with Crippen molar-refractivity contribution in [2.75, 3.05) is 13.1 Å². The minimum atomic E-state index is 0.431. The van der Waals surface area contributed by atoms with E-state index in [-0.39, 0.29) is 0 Å². The summed E-state index contributed by atoms with van der Waals surface area (Å²) < 4.78 is 0. The lowest BCUT2D eigenvalue weighted by Crippen LogP contribution is -2.37. The molecule has 0 aliphatic carbocycles. The average Bonchev–Trinajstić information content (AvgIpc) is 2.44. The summed E-state index contributed by atoms with van der Waals surface area (Å²) in [6.45, 7) is 9.50. The Labute approximate surface area is 121 Å². The molecule has 2 rings (SSSR count). The van der Waals surface area contributed by atoms with E-state index in [0.29, 0.717) is 12.0 Å². The van der Waals surface area contributed by atoms with Gasteiger partial charge in [-0.15, -0.1) is 0 Å². The summed E-state index contributed by atoms with van der Waals surface area (Å²) in [6.07, 6.45) is 3.48. The van der Waals surface area contributed by atoms with Crippen LogP contribution < -0.4 is 10.6 Å². The van der Waals surface area contributed by atoms with Crippen molar-refractivity contribution in [3.63, 3.8) is 0 Å². The highest BCUT2D eigenvalue weighted by atomic mass is 15.0. The lowest BCUT2D eigenvalue weighted by Gasteiger charge is -2.16. The molecule has 2 N–H and O–H groups in total. The lowest BCUT2D eigenvalue weighted by atomic mass is 10.1. The molecule has 0 saturated heterocycles. The molecule has 2 aromatic rings. The van der Waals surface area contributed by atoms with E-state index >= 15 is 0 Å². The van der Waals surface area contributed by atoms with Crippen molar-refractivity contribution in [3.05, 3.63) is 36.2 Å². The van der Waals surface area contributed by atoms with Crippen LogP contribution in [0.4, 0.5) is 0 Å². The summed E-state index contributed by atoms with van der Waals surface area (Å²) >= 11 is 0. The van der Waals surface area contributed by atoms with Crippen LogP contribution in [0.3, 0.4) is 0 Å². The lowest BCUT2D eigenvalue weighted by molar-refractivity contribution is 0.472. The Hall–Kier alpha value is -1.52. The van der Waals surface area contributed by atoms with Gasteiger partial charge in [-0.05, 0) is 31.0 Å². The van der Waals surface area contributed by atoms with Gasteiger partial charge in [-0.2, -0.15) is 0 Å². The molecular formula is C16H24N4. The second-order valence-corrected chi connectivity index (χ2v) is 5.68. The monoisotopic (exact) mass is 272 g/mol. The van der Waals surface area contributed by atoms with Gasteiger partial charge in [0.15, 0.2) is 0 Å². The number of nitrogens with zero attached hydrogens (tertiary/aromatic N) is 2. The van der Waals surface area contributed by atoms with E-state index in [4.69, 9.17) is 0 Å². The van der Waals surface area contributed by atoms with Crippen LogP contribution in [0, 0.1) is 5.92 Å². The van der Waals surface area contributed by atoms with Gasteiger partial charge >= 0.3 is 0 Å². The van der Waals surface area contributed by atoms with Gasteiger partial charge in [0.2, 0.25) is 0 Å². The molecule has 1 unspecified atom stereocenters. The largest absolute Gasteiger partial charge is 0.315 e. The van der Waals surface area contributed by atoms with Crippen molar-refractivity contribution in [2.24, 2.45) is 5.92 Å². The van der Waals surface area contributed by atoms with E-state index in [1.807, 2.05) is 12.1 Å². The van der Waals surface area contributed by atoms with Gasteiger partial charge in [0.1, 0.15) is 0 Å². The summed E-state index contributed by atoms with van der Waals surface area (Å²) in [5, 5.41) is 7.00. The summed E-state index contributed by atoms with van der Waals surface area (Å²) in [5.41, 5.74) is 3.15. The molecule has 1 aromatic heterocycles. The normalized spacial score (nSPS) is 13.0. The molecule has 0 saturated carbocycles. The van der Waals surface area contributed by atoms with E-state index in [1.165, 1.54) is 5.56 Å². The highest BCUT2D eigenvalue weighted by molar-refractivity contribution is 5.77. The second kappa shape index (κ2) is 7.31. The third kappa shape index (κ3) is 4.25. The SMILES string of the molecule is CC(C)CNCC(C)NCc1cccc2nccnc12. The van der Waals surface area contributed by atoms with Crippen LogP contribution in [-0.4, -0.2) is 29.1 Å². The van der Waals surface area contributed by atoms with Gasteiger partial charge in [-0.1, -0.05) is 26.0 Å². The molecular weight excluding hydrogens is 248 g/mol. The molecule has 0 bridgehead atoms. The zero-order chi connectivity index (χ0) is 14.4. The Balaban J connectivity index is 1.89. The predicted octanol–water partition coefficient (Wildman–Crippen LogP) is 2.35. The summed E-state index contributed by atoms with van der Waals surface area (Å²) in [4.78, 5) is 8.76. The van der Waals surface area contributed by atoms with E-state index in [2.05, 4.69) is 47.4 Å². The summed E-state index contributed by atoms with van der Waals surface area (Å²) in [7, 11) is 0. The number of rotatable bonds is 7. The zero-order valence-electron chi connectivity index (χ0n) is 12.6. The van der Waals surface area contributed by atoms with Crippen molar-refractivity contribution in [2.45, 2.75) is 33.4 Å². The third-order valence-electron chi connectivity index (χ3n) is 3.23. The molecule has 0 radical (unpaired) electrons. The summed E-state index contributed by atoms with van der Waals surface area (Å²) in [5.74, 6) is 0.690. The Morgan fingerprint density at radius 1 is 1.05 bits per heavy atom. The molecule has 20 heavy (non-hydrogen) atoms. The number of para-hydroxylation sites is 1. The first-order valence-corrected chi connectivity index (χ1v) is 7.29. The first-order chi connectivity index (χ1) is 9.66. The number of benzene rings is 1. The van der Waals surface area contributed by atoms with Gasteiger partial charge in [0, 0.05) is 31.5 Å². The van der Waals surface area contributed by atoms with Crippen molar-refractivity contribution in [1.29, 1.82) is 0 Å². The van der Waals surface area contributed by atoms with E-state index in [9.17, 15) is 0 Å². The quantitative estimate of drug-likeness (QED) is 0.812. The maximum absolute atomic E-state index is 4.43. The fourth-order valence-electron chi connectivity index (χ4n) is 2.14. The molecule has 1 heterocycles. The van der Waals surface area contributed by atoms with Crippen molar-refractivity contribution in [3.8, 4) is 0 Å². The first kappa shape index (κ1) is 14.9. The Bertz CT molecular complexity index is 533. The van der Waals surface area contributed by atoms with E-state index in [1.54, 1.807) is 12.4 Å². The fraction of sp³-hybridized carbons (Fsp3) is 0.500. The highest BCUT2D eigenvalue weighted by Crippen LogP contribution is 2.13. The Morgan fingerprint density at radius 2 is 1.85 bits per heavy atom. The van der Waals surface area contributed by atoms with Crippen LogP contribution in [0.15, 0.2) is 30.6 Å². The number of aromatic nitrogens is 2. The number of fused-ring (bicyclic) bond motifs is 1. The van der Waals surface area contributed by atoms with Crippen LogP contribution in [0.5, 0.6) is 0 Å². The number of nitrogens with one attached hydrogen (secondary N) is 2. The number of hydrogen-bond acceptors (Lipinski definition) is 4. The minimum absolute atomic E-state index is 0.431. The molecule has 0 amide bonds. The molecule has 1 aromatic carbocycles. The standard InChI is InChI=1S/C16H24N4/c1-12(2)9-17-10-13(3)20-11-14-5-4-6-15-16(14)19-8-7-18-15/h4-8,12-13,17,20H,9-11H2,1-3H3. The van der Waals surface area contributed by atoms with Crippen molar-refractivity contribution < 1.29 is 0 Å². The molecule has 0 aliphatic heterocycles. The van der Waals surface area contributed by atoms with E-state index < -0.39 is 0 Å². The maximum atomic E-state index is 4.43. The predicted molar refractivity (Wildman–Crippen MR) is 83.5 cm³/mol. The topological polar surface area (TPSA) is 49.8 Å². The maximum Gasteiger partial charge on any atom is 0.0931 e. The first-order valence-electron chi connectivity index (χ1n) is 7.29. The van der Waals surface area contributed by atoms with Crippen LogP contribution in [-0.2, 0) is 6.54 Å². The Kier molecular flexibility index (Phi) is 5.44. The molecule has 1 atom stereocenters. The molecule has 4 heteroatoms. The summed E-state index contributed by atoms with van der Waals surface area (Å²) in [6, 6.07) is 6.58. The molecule has 108 valence electrons. The van der Waals surface area contributed by atoms with Crippen LogP contribution in [0.1, 0.15) is 26.3 Å². The zero-order valence-corrected chi connectivity index (χ0v) is 12.6. The van der Waals surface area contributed by atoms with Gasteiger partial charge in [0.25, 0.3) is 0 Å². The van der Waals surface area contributed by atoms with Crippen LogP contribution in [0.2, 0.25) is 0 Å². The molecule has 4 nitrogen and oxygen atoms in total. The van der Waals surface area contributed by atoms with Gasteiger partial charge < -0.3 is 10.6 Å². The average molecular weight is 272 g/mol. The molecule has 0 fully saturated rings. The van der Waals surface area contributed by atoms with Crippen LogP contribution in [0.25, 0.3) is 11.0 Å². The van der Waals surface area contributed by atoms with Gasteiger partial charge in [-0.3, -0.25) is 9.97 Å². The molecule has 0 spiro atoms. The van der Waals surface area contributed by atoms with Crippen LogP contribution >= 0.6 is 0 Å². The Morgan fingerprint density at radius 3 is 2.65 bits per heavy atom. The highest BCUT2D eigenvalue weighted by Gasteiger charge is 2.05. The third-order valence-corrected chi connectivity index (χ3v) is 3.23. The number of hydrogen-bond donors (Lipinski definition) is 2. The van der Waals surface area contributed by atoms with Crippen molar-refractivity contribution in [1.82, 2.24) is 20.6 Å². The fourth-order valence-corrected chi connectivity index (χ4v) is 2.14. The second-order valence-electron chi connectivity index (χ2n) is 5.68. The van der Waals surface area contributed by atoms with E-state index in [0.717, 1.165) is 30.7 Å².